The molecule has 2 rings (SSSR count). The van der Waals surface area contributed by atoms with Gasteiger partial charge in [0.05, 0.1) is 5.69 Å². The molecule has 0 radical (unpaired) electrons. The van der Waals surface area contributed by atoms with Crippen LogP contribution in [0.1, 0.15) is 25.5 Å². The van der Waals surface area contributed by atoms with Gasteiger partial charge in [0.2, 0.25) is 10.0 Å². The van der Waals surface area contributed by atoms with Crippen LogP contribution in [0, 0.1) is 0 Å². The molecule has 0 atom stereocenters. The van der Waals surface area contributed by atoms with Crippen LogP contribution in [0.5, 0.6) is 0 Å². The number of rotatable bonds is 4. The largest absolute Gasteiger partial charge is 0.388 e. The topological polar surface area (TPSA) is 94.3 Å². The fourth-order valence-corrected chi connectivity index (χ4v) is 3.52. The number of aromatic nitrogens is 1. The Hall–Kier alpha value is -1.09. The first-order valence-electron chi connectivity index (χ1n) is 6.20. The summed E-state index contributed by atoms with van der Waals surface area (Å²) in [6.45, 7) is 2.99. The van der Waals surface area contributed by atoms with Crippen LogP contribution in [-0.2, 0) is 14.8 Å². The number of sulfonamides is 1. The molecule has 0 aliphatic carbocycles. The fourth-order valence-electron chi connectivity index (χ4n) is 1.99. The predicted molar refractivity (Wildman–Crippen MR) is 78.9 cm³/mol. The average Bonchev–Trinajstić information content (AvgIpc) is 2.38. The quantitative estimate of drug-likeness (QED) is 0.789. The van der Waals surface area contributed by atoms with Crippen LogP contribution in [0.2, 0.25) is 0 Å². The van der Waals surface area contributed by atoms with E-state index < -0.39 is 15.6 Å². The van der Waals surface area contributed by atoms with E-state index in [0.29, 0.717) is 31.7 Å². The maximum Gasteiger partial charge on any atom is 0.242 e. The zero-order valence-electron chi connectivity index (χ0n) is 11.1. The van der Waals surface area contributed by atoms with Crippen molar-refractivity contribution in [2.45, 2.75) is 30.2 Å². The van der Waals surface area contributed by atoms with Crippen LogP contribution in [0.4, 0.5) is 0 Å². The molecule has 1 aromatic heterocycles. The van der Waals surface area contributed by atoms with Gasteiger partial charge in [-0.05, 0) is 31.9 Å². The molecule has 8 heteroatoms. The van der Waals surface area contributed by atoms with Gasteiger partial charge in [0.1, 0.15) is 9.88 Å². The third-order valence-electron chi connectivity index (χ3n) is 3.28. The van der Waals surface area contributed by atoms with Crippen molar-refractivity contribution in [3.05, 3.63) is 24.0 Å². The highest BCUT2D eigenvalue weighted by Crippen LogP contribution is 2.22. The van der Waals surface area contributed by atoms with Gasteiger partial charge in [0, 0.05) is 24.9 Å². The maximum atomic E-state index is 12.3. The Morgan fingerprint density at radius 1 is 1.45 bits per heavy atom. The van der Waals surface area contributed by atoms with Gasteiger partial charge in [-0.1, -0.05) is 12.2 Å². The van der Waals surface area contributed by atoms with Crippen LogP contribution < -0.4 is 10.5 Å². The Morgan fingerprint density at radius 3 is 2.60 bits per heavy atom. The van der Waals surface area contributed by atoms with Crippen LogP contribution in [0.3, 0.4) is 0 Å². The lowest BCUT2D eigenvalue weighted by Gasteiger charge is -2.33. The number of nitrogens with one attached hydrogen (secondary N) is 1. The van der Waals surface area contributed by atoms with Crippen molar-refractivity contribution in [3.63, 3.8) is 0 Å². The molecule has 1 fully saturated rings. The summed E-state index contributed by atoms with van der Waals surface area (Å²) in [6, 6.07) is 2.95. The van der Waals surface area contributed by atoms with Crippen molar-refractivity contribution in [2.24, 2.45) is 5.73 Å². The van der Waals surface area contributed by atoms with E-state index in [2.05, 4.69) is 9.71 Å². The van der Waals surface area contributed by atoms with Gasteiger partial charge in [0.15, 0.2) is 0 Å². The van der Waals surface area contributed by atoms with Crippen LogP contribution >= 0.6 is 12.2 Å². The van der Waals surface area contributed by atoms with Crippen molar-refractivity contribution in [1.82, 2.24) is 9.71 Å². The van der Waals surface area contributed by atoms with E-state index in [1.807, 2.05) is 6.92 Å². The Labute approximate surface area is 123 Å². The molecule has 1 aliphatic heterocycles. The van der Waals surface area contributed by atoms with E-state index in [1.54, 1.807) is 0 Å². The van der Waals surface area contributed by atoms with Crippen molar-refractivity contribution >= 4 is 27.2 Å². The summed E-state index contributed by atoms with van der Waals surface area (Å²) in [6.07, 6.45) is 2.55. The zero-order chi connectivity index (χ0) is 14.8. The molecule has 0 spiro atoms. The minimum absolute atomic E-state index is 0.102. The predicted octanol–water partition coefficient (Wildman–Crippen LogP) is 0.563. The second-order valence-electron chi connectivity index (χ2n) is 5.02. The lowest BCUT2D eigenvalue weighted by Crippen LogP contribution is -2.49. The maximum absolute atomic E-state index is 12.3. The number of pyridine rings is 1. The van der Waals surface area contributed by atoms with Crippen LogP contribution in [-0.4, -0.2) is 37.1 Å². The van der Waals surface area contributed by atoms with Gasteiger partial charge in [-0.3, -0.25) is 4.98 Å². The molecule has 20 heavy (non-hydrogen) atoms. The van der Waals surface area contributed by atoms with Gasteiger partial charge < -0.3 is 10.5 Å². The van der Waals surface area contributed by atoms with Gasteiger partial charge in [-0.2, -0.15) is 0 Å². The Bertz CT molecular complexity index is 593. The average molecular weight is 315 g/mol. The molecule has 6 nitrogen and oxygen atoms in total. The molecular weight excluding hydrogens is 298 g/mol. The lowest BCUT2D eigenvalue weighted by atomic mass is 9.94. The molecule has 0 aromatic carbocycles. The Kier molecular flexibility index (Phi) is 4.38. The zero-order valence-corrected chi connectivity index (χ0v) is 12.8. The van der Waals surface area contributed by atoms with E-state index in [0.717, 1.165) is 0 Å². The van der Waals surface area contributed by atoms with Crippen molar-refractivity contribution in [3.8, 4) is 0 Å². The monoisotopic (exact) mass is 315 g/mol. The van der Waals surface area contributed by atoms with Crippen LogP contribution in [0.15, 0.2) is 23.2 Å². The van der Waals surface area contributed by atoms with E-state index >= 15 is 0 Å². The number of hydrogen-bond donors (Lipinski definition) is 2. The highest BCUT2D eigenvalue weighted by molar-refractivity contribution is 7.89. The first-order chi connectivity index (χ1) is 9.32. The third-order valence-corrected chi connectivity index (χ3v) is 5.11. The first kappa shape index (κ1) is 15.3. The fraction of sp³-hybridized carbons (Fsp3) is 0.500. The van der Waals surface area contributed by atoms with Gasteiger partial charge in [-0.25, -0.2) is 13.1 Å². The summed E-state index contributed by atoms with van der Waals surface area (Å²) in [5.41, 5.74) is 5.35. The summed E-state index contributed by atoms with van der Waals surface area (Å²) in [5.74, 6) is 0. The number of ether oxygens (including phenoxy) is 1. The molecule has 1 aliphatic rings. The Morgan fingerprint density at radius 2 is 2.10 bits per heavy atom. The summed E-state index contributed by atoms with van der Waals surface area (Å²) in [5, 5.41) is 0. The highest BCUT2D eigenvalue weighted by atomic mass is 32.2. The van der Waals surface area contributed by atoms with Gasteiger partial charge in [0.25, 0.3) is 0 Å². The van der Waals surface area contributed by atoms with Crippen molar-refractivity contribution in [1.29, 1.82) is 0 Å². The van der Waals surface area contributed by atoms with E-state index in [-0.39, 0.29) is 9.88 Å². The first-order valence-corrected chi connectivity index (χ1v) is 8.09. The molecule has 3 N–H and O–H groups in total. The molecule has 0 amide bonds. The molecular formula is C12H17N3O3S2. The van der Waals surface area contributed by atoms with E-state index in [1.165, 1.54) is 18.3 Å². The molecule has 0 unspecified atom stereocenters. The summed E-state index contributed by atoms with van der Waals surface area (Å²) in [4.78, 5) is 4.19. The van der Waals surface area contributed by atoms with E-state index in [4.69, 9.17) is 22.7 Å². The van der Waals surface area contributed by atoms with Gasteiger partial charge in [-0.15, -0.1) is 0 Å². The minimum Gasteiger partial charge on any atom is -0.388 e. The SMILES string of the molecule is CC1(NS(=O)(=O)c2ccc(C(N)=S)nc2)CCOCC1. The van der Waals surface area contributed by atoms with Crippen LogP contribution in [0.25, 0.3) is 0 Å². The number of hydrogen-bond acceptors (Lipinski definition) is 5. The molecule has 0 saturated carbocycles. The lowest BCUT2D eigenvalue weighted by molar-refractivity contribution is 0.0537. The molecule has 110 valence electrons. The number of nitrogens with two attached hydrogens (primary N) is 1. The second-order valence-corrected chi connectivity index (χ2v) is 7.14. The summed E-state index contributed by atoms with van der Waals surface area (Å²) >= 11 is 4.78. The molecule has 2 heterocycles. The smallest absolute Gasteiger partial charge is 0.242 e. The second kappa shape index (κ2) is 5.72. The number of thiocarbonyl (C=S) groups is 1. The van der Waals surface area contributed by atoms with Crippen molar-refractivity contribution in [2.75, 3.05) is 13.2 Å². The summed E-state index contributed by atoms with van der Waals surface area (Å²) < 4.78 is 32.6. The molecule has 1 saturated heterocycles. The Balaban J connectivity index is 2.19. The van der Waals surface area contributed by atoms with Gasteiger partial charge >= 0.3 is 0 Å². The van der Waals surface area contributed by atoms with E-state index in [9.17, 15) is 8.42 Å². The molecule has 1 aromatic rings. The molecule has 0 bridgehead atoms. The summed E-state index contributed by atoms with van der Waals surface area (Å²) in [7, 11) is -3.61. The number of nitrogens with zero attached hydrogens (tertiary/aromatic N) is 1. The standard InChI is InChI=1S/C12H17N3O3S2/c1-12(4-6-18-7-5-12)15-20(16,17)9-2-3-10(11(13)19)14-8-9/h2-3,8,15H,4-7H2,1H3,(H2,13,19). The van der Waals surface area contributed by atoms with Crippen molar-refractivity contribution < 1.29 is 13.2 Å². The third kappa shape index (κ3) is 3.51. The minimum atomic E-state index is -3.61. The highest BCUT2D eigenvalue weighted by Gasteiger charge is 2.32. The normalized spacial score (nSPS) is 18.6.